The zero-order chi connectivity index (χ0) is 25.7. The Hall–Kier alpha value is -4.50. The third kappa shape index (κ3) is 5.76. The highest BCUT2D eigenvalue weighted by atomic mass is 32.2. The number of amides is 2. The van der Waals surface area contributed by atoms with E-state index < -0.39 is 27.8 Å². The van der Waals surface area contributed by atoms with Crippen LogP contribution in [0.5, 0.6) is 0 Å². The average molecular weight is 503 g/mol. The molecule has 36 heavy (non-hydrogen) atoms. The first-order valence-corrected chi connectivity index (χ1v) is 12.4. The van der Waals surface area contributed by atoms with Gasteiger partial charge in [0.1, 0.15) is 5.92 Å². The molecule has 0 heterocycles. The molecule has 0 radical (unpaired) electrons. The highest BCUT2D eigenvalue weighted by Crippen LogP contribution is 2.20. The lowest BCUT2D eigenvalue weighted by Gasteiger charge is -2.14. The normalized spacial score (nSPS) is 12.0. The molecule has 3 N–H and O–H groups in total. The summed E-state index contributed by atoms with van der Waals surface area (Å²) < 4.78 is 27.4. The van der Waals surface area contributed by atoms with Crippen molar-refractivity contribution in [3.05, 3.63) is 108 Å². The first-order chi connectivity index (χ1) is 17.2. The summed E-state index contributed by atoms with van der Waals surface area (Å²) in [6.07, 6.45) is -0.235. The fourth-order valence-electron chi connectivity index (χ4n) is 3.64. The van der Waals surface area contributed by atoms with E-state index >= 15 is 0 Å². The minimum Gasteiger partial charge on any atom is -0.481 e. The second-order valence-corrected chi connectivity index (χ2v) is 9.77. The first-order valence-electron chi connectivity index (χ1n) is 11.0. The van der Waals surface area contributed by atoms with Crippen molar-refractivity contribution in [1.82, 2.24) is 4.72 Å². The van der Waals surface area contributed by atoms with E-state index in [1.165, 1.54) is 12.1 Å². The molecule has 0 aliphatic carbocycles. The fraction of sp³-hybridized carbons (Fsp3) is 0.0741. The van der Waals surface area contributed by atoms with Crippen LogP contribution in [-0.2, 0) is 26.0 Å². The molecule has 4 aromatic carbocycles. The van der Waals surface area contributed by atoms with Crippen molar-refractivity contribution >= 4 is 44.3 Å². The van der Waals surface area contributed by atoms with Gasteiger partial charge in [0.05, 0.1) is 4.90 Å². The second kappa shape index (κ2) is 10.4. The van der Waals surface area contributed by atoms with Crippen molar-refractivity contribution < 1.29 is 27.9 Å². The lowest BCUT2D eigenvalue weighted by atomic mass is 9.99. The van der Waals surface area contributed by atoms with Gasteiger partial charge in [-0.05, 0) is 59.2 Å². The van der Waals surface area contributed by atoms with Gasteiger partial charge in [0, 0.05) is 11.3 Å². The molecule has 1 unspecified atom stereocenters. The fourth-order valence-corrected chi connectivity index (χ4v) is 4.70. The molecule has 0 bridgehead atoms. The Labute approximate surface area is 207 Å². The Balaban J connectivity index is 1.45. The summed E-state index contributed by atoms with van der Waals surface area (Å²) in [5.74, 6) is -4.53. The third-order valence-electron chi connectivity index (χ3n) is 5.57. The molecule has 0 aliphatic heterocycles. The lowest BCUT2D eigenvalue weighted by Crippen LogP contribution is -2.40. The van der Waals surface area contributed by atoms with Crippen molar-refractivity contribution in [2.45, 2.75) is 11.3 Å². The van der Waals surface area contributed by atoms with E-state index in [9.17, 15) is 27.9 Å². The Bertz CT molecular complexity index is 1530. The van der Waals surface area contributed by atoms with E-state index in [-0.39, 0.29) is 17.2 Å². The van der Waals surface area contributed by atoms with Gasteiger partial charge in [0.2, 0.25) is 5.91 Å². The molecule has 9 heteroatoms. The van der Waals surface area contributed by atoms with Gasteiger partial charge in [-0.1, -0.05) is 60.7 Å². The number of hydrogen-bond donors (Lipinski definition) is 3. The summed E-state index contributed by atoms with van der Waals surface area (Å²) in [5.41, 5.74) is 1.46. The number of carbonyl (C=O) groups excluding carboxylic acids is 2. The molecule has 0 spiro atoms. The number of rotatable bonds is 8. The van der Waals surface area contributed by atoms with E-state index in [2.05, 4.69) is 5.32 Å². The molecule has 182 valence electrons. The summed E-state index contributed by atoms with van der Waals surface area (Å²) in [7, 11) is -4.28. The number of carboxylic acid groups (broad SMARTS) is 1. The van der Waals surface area contributed by atoms with Crippen LogP contribution in [0.4, 0.5) is 5.69 Å². The van der Waals surface area contributed by atoms with Crippen LogP contribution < -0.4 is 10.0 Å². The van der Waals surface area contributed by atoms with Gasteiger partial charge in [-0.25, -0.2) is 13.1 Å². The molecular weight excluding hydrogens is 480 g/mol. The smallest absolute Gasteiger partial charge is 0.316 e. The van der Waals surface area contributed by atoms with Crippen LogP contribution in [-0.4, -0.2) is 31.3 Å². The van der Waals surface area contributed by atoms with Crippen LogP contribution in [0.1, 0.15) is 15.9 Å². The Morgan fingerprint density at radius 1 is 0.778 bits per heavy atom. The summed E-state index contributed by atoms with van der Waals surface area (Å²) in [6.45, 7) is 0. The molecule has 0 aliphatic rings. The Kier molecular flexibility index (Phi) is 7.12. The molecule has 4 aromatic rings. The molecule has 8 nitrogen and oxygen atoms in total. The van der Waals surface area contributed by atoms with Crippen LogP contribution in [0, 0.1) is 5.92 Å². The van der Waals surface area contributed by atoms with Gasteiger partial charge in [-0.2, -0.15) is 0 Å². The quantitative estimate of drug-likeness (QED) is 0.314. The van der Waals surface area contributed by atoms with Crippen molar-refractivity contribution in [3.8, 4) is 0 Å². The average Bonchev–Trinajstić information content (AvgIpc) is 2.88. The number of fused-ring (bicyclic) bond motifs is 1. The predicted octanol–water partition coefficient (Wildman–Crippen LogP) is 3.84. The van der Waals surface area contributed by atoms with Gasteiger partial charge in [0.15, 0.2) is 0 Å². The molecule has 0 aromatic heterocycles. The van der Waals surface area contributed by atoms with Crippen LogP contribution >= 0.6 is 0 Å². The highest BCUT2D eigenvalue weighted by Gasteiger charge is 2.30. The highest BCUT2D eigenvalue weighted by molar-refractivity contribution is 7.90. The van der Waals surface area contributed by atoms with Gasteiger partial charge in [-0.15, -0.1) is 0 Å². The molecule has 1 atom stereocenters. The topological polar surface area (TPSA) is 130 Å². The maximum atomic E-state index is 12.8. The third-order valence-corrected chi connectivity index (χ3v) is 6.91. The number of hydrogen-bond acceptors (Lipinski definition) is 5. The first kappa shape index (κ1) is 24.6. The van der Waals surface area contributed by atoms with Crippen molar-refractivity contribution in [3.63, 3.8) is 0 Å². The summed E-state index contributed by atoms with van der Waals surface area (Å²) in [4.78, 5) is 36.6. The Morgan fingerprint density at radius 3 is 2.08 bits per heavy atom. The summed E-state index contributed by atoms with van der Waals surface area (Å²) >= 11 is 0. The number of sulfonamides is 1. The predicted molar refractivity (Wildman–Crippen MR) is 135 cm³/mol. The molecule has 0 fully saturated rings. The molecular formula is C27H22N2O6S. The maximum Gasteiger partial charge on any atom is 0.316 e. The maximum absolute atomic E-state index is 12.8. The van der Waals surface area contributed by atoms with E-state index in [1.807, 2.05) is 16.9 Å². The van der Waals surface area contributed by atoms with Crippen LogP contribution in [0.15, 0.2) is 102 Å². The molecule has 4 rings (SSSR count). The summed E-state index contributed by atoms with van der Waals surface area (Å²) in [6, 6.07) is 26.5. The minimum atomic E-state index is -4.28. The van der Waals surface area contributed by atoms with Crippen molar-refractivity contribution in [2.24, 2.45) is 5.92 Å². The minimum absolute atomic E-state index is 0.141. The standard InChI is InChI=1S/C27H22N2O6S/c30-25(20-7-2-1-3-8-20)28-22-13-10-18(11-14-22)16-24(27(32)33)26(31)29-36(34,35)23-15-12-19-6-4-5-9-21(19)17-23/h1-15,17,24H,16H2,(H,28,30)(H,29,31)(H,32,33). The largest absolute Gasteiger partial charge is 0.481 e. The zero-order valence-electron chi connectivity index (χ0n) is 18.9. The lowest BCUT2D eigenvalue weighted by molar-refractivity contribution is -0.146. The van der Waals surface area contributed by atoms with Gasteiger partial charge < -0.3 is 10.4 Å². The number of nitrogens with one attached hydrogen (secondary N) is 2. The number of aliphatic carboxylic acids is 1. The number of anilines is 1. The zero-order valence-corrected chi connectivity index (χ0v) is 19.7. The van der Waals surface area contributed by atoms with Gasteiger partial charge >= 0.3 is 5.97 Å². The number of benzene rings is 4. The molecule has 2 amide bonds. The molecule has 0 saturated carbocycles. The number of carboxylic acids is 1. The Morgan fingerprint density at radius 2 is 1.42 bits per heavy atom. The van der Waals surface area contributed by atoms with E-state index in [4.69, 9.17) is 0 Å². The van der Waals surface area contributed by atoms with E-state index in [1.54, 1.807) is 72.8 Å². The van der Waals surface area contributed by atoms with Gasteiger partial charge in [-0.3, -0.25) is 14.4 Å². The second-order valence-electron chi connectivity index (χ2n) is 8.09. The summed E-state index contributed by atoms with van der Waals surface area (Å²) in [5, 5.41) is 13.8. The van der Waals surface area contributed by atoms with Crippen molar-refractivity contribution in [2.75, 3.05) is 5.32 Å². The van der Waals surface area contributed by atoms with E-state index in [0.717, 1.165) is 5.39 Å². The monoisotopic (exact) mass is 502 g/mol. The number of carbonyl (C=O) groups is 3. The van der Waals surface area contributed by atoms with Crippen molar-refractivity contribution in [1.29, 1.82) is 0 Å². The SMILES string of the molecule is O=C(Nc1ccc(CC(C(=O)O)C(=O)NS(=O)(=O)c2ccc3ccccc3c2)cc1)c1ccccc1. The van der Waals surface area contributed by atoms with Crippen LogP contribution in [0.3, 0.4) is 0 Å². The van der Waals surface area contributed by atoms with Crippen LogP contribution in [0.2, 0.25) is 0 Å². The van der Waals surface area contributed by atoms with Crippen LogP contribution in [0.25, 0.3) is 10.8 Å². The van der Waals surface area contributed by atoms with E-state index in [0.29, 0.717) is 22.2 Å². The van der Waals surface area contributed by atoms with Gasteiger partial charge in [0.25, 0.3) is 15.9 Å². The molecule has 0 saturated heterocycles.